The highest BCUT2D eigenvalue weighted by molar-refractivity contribution is 7.99. The molecule has 1 aromatic carbocycles. The summed E-state index contributed by atoms with van der Waals surface area (Å²) in [6.45, 7) is 6.38. The van der Waals surface area contributed by atoms with E-state index in [0.29, 0.717) is 6.04 Å². The molecule has 2 saturated heterocycles. The van der Waals surface area contributed by atoms with E-state index in [1.165, 1.54) is 49.4 Å². The quantitative estimate of drug-likeness (QED) is 0.651. The second-order valence-corrected chi connectivity index (χ2v) is 6.80. The van der Waals surface area contributed by atoms with Gasteiger partial charge >= 0.3 is 0 Å². The summed E-state index contributed by atoms with van der Waals surface area (Å²) in [5.74, 6) is 0.971. The fourth-order valence-corrected chi connectivity index (χ4v) is 4.23. The molecule has 1 N–H and O–H groups in total. The lowest BCUT2D eigenvalue weighted by Crippen LogP contribution is -2.41. The van der Waals surface area contributed by atoms with Crippen molar-refractivity contribution in [2.45, 2.75) is 42.7 Å². The van der Waals surface area contributed by atoms with Gasteiger partial charge in [0.25, 0.3) is 0 Å². The molecule has 0 spiro atoms. The lowest BCUT2D eigenvalue weighted by Gasteiger charge is -2.33. The van der Waals surface area contributed by atoms with Crippen LogP contribution in [0.5, 0.6) is 0 Å². The highest BCUT2D eigenvalue weighted by Gasteiger charge is 2.35. The highest BCUT2D eigenvalue weighted by atomic mass is 32.2. The number of hydrogen-bond donors (Lipinski definition) is 1. The van der Waals surface area contributed by atoms with Crippen molar-refractivity contribution in [2.24, 2.45) is 0 Å². The summed E-state index contributed by atoms with van der Waals surface area (Å²) in [6, 6.07) is 10.1. The largest absolute Gasteiger partial charge is 0.380 e. The molecule has 0 saturated carbocycles. The molecule has 0 radical (unpaired) electrons. The summed E-state index contributed by atoms with van der Waals surface area (Å²) >= 11 is 1.87. The Morgan fingerprint density at radius 1 is 1.25 bits per heavy atom. The zero-order valence-corrected chi connectivity index (χ0v) is 12.9. The molecule has 108 valence electrons. The summed E-state index contributed by atoms with van der Waals surface area (Å²) in [6.07, 6.45) is 7.39. The first-order valence-corrected chi connectivity index (χ1v) is 8.70. The average Bonchev–Trinajstić information content (AvgIpc) is 2.90. The summed E-state index contributed by atoms with van der Waals surface area (Å²) in [5, 5.41) is 3.82. The first kappa shape index (κ1) is 14.0. The number of anilines is 1. The molecule has 1 aromatic rings. The van der Waals surface area contributed by atoms with Gasteiger partial charge in [-0.3, -0.25) is 4.90 Å². The van der Waals surface area contributed by atoms with Crippen LogP contribution < -0.4 is 5.32 Å². The van der Waals surface area contributed by atoms with E-state index in [0.717, 1.165) is 11.8 Å². The number of fused-ring (bicyclic) bond motifs is 1. The van der Waals surface area contributed by atoms with Gasteiger partial charge in [0, 0.05) is 35.0 Å². The van der Waals surface area contributed by atoms with E-state index >= 15 is 0 Å². The summed E-state index contributed by atoms with van der Waals surface area (Å²) < 4.78 is 0. The third-order valence-electron chi connectivity index (χ3n) is 4.44. The third-order valence-corrected chi connectivity index (χ3v) is 5.51. The minimum absolute atomic E-state index is 0.626. The maximum absolute atomic E-state index is 3.82. The molecular weight excluding hydrogens is 264 g/mol. The summed E-state index contributed by atoms with van der Waals surface area (Å²) in [4.78, 5) is 4.03. The SMILES string of the molecule is C=CCSc1ccccc1NC1CCN2CCCCC12. The number of nitrogens with one attached hydrogen (secondary N) is 1. The van der Waals surface area contributed by atoms with Crippen LogP contribution in [0.3, 0.4) is 0 Å². The van der Waals surface area contributed by atoms with Gasteiger partial charge in [-0.15, -0.1) is 18.3 Å². The standard InChI is InChI=1S/C17H24N2S/c1-2-13-20-17-9-4-3-7-15(17)18-14-10-12-19-11-6-5-8-16(14)19/h2-4,7,9,14,16,18H,1,5-6,8,10-13H2. The van der Waals surface area contributed by atoms with E-state index < -0.39 is 0 Å². The van der Waals surface area contributed by atoms with Crippen molar-refractivity contribution in [1.82, 2.24) is 4.90 Å². The molecule has 2 nitrogen and oxygen atoms in total. The van der Waals surface area contributed by atoms with Gasteiger partial charge in [-0.25, -0.2) is 0 Å². The molecular formula is C17H24N2S. The molecule has 0 aliphatic carbocycles. The Morgan fingerprint density at radius 3 is 3.05 bits per heavy atom. The van der Waals surface area contributed by atoms with Crippen molar-refractivity contribution in [3.05, 3.63) is 36.9 Å². The molecule has 2 unspecified atom stereocenters. The second kappa shape index (κ2) is 6.68. The highest BCUT2D eigenvalue weighted by Crippen LogP contribution is 2.33. The van der Waals surface area contributed by atoms with Gasteiger partial charge in [0.2, 0.25) is 0 Å². The number of para-hydroxylation sites is 1. The molecule has 2 atom stereocenters. The Bertz CT molecular complexity index is 460. The predicted molar refractivity (Wildman–Crippen MR) is 88.6 cm³/mol. The van der Waals surface area contributed by atoms with Gasteiger partial charge in [0.05, 0.1) is 0 Å². The molecule has 2 aliphatic rings. The van der Waals surface area contributed by atoms with Crippen molar-refractivity contribution in [3.63, 3.8) is 0 Å². The Morgan fingerprint density at radius 2 is 2.15 bits per heavy atom. The van der Waals surface area contributed by atoms with Crippen LogP contribution in [0.4, 0.5) is 5.69 Å². The van der Waals surface area contributed by atoms with Gasteiger partial charge in [-0.2, -0.15) is 0 Å². The average molecular weight is 288 g/mol. The van der Waals surface area contributed by atoms with Gasteiger partial charge < -0.3 is 5.32 Å². The van der Waals surface area contributed by atoms with Crippen LogP contribution in [0.25, 0.3) is 0 Å². The smallest absolute Gasteiger partial charge is 0.0481 e. The monoisotopic (exact) mass is 288 g/mol. The van der Waals surface area contributed by atoms with Crippen molar-refractivity contribution >= 4 is 17.4 Å². The predicted octanol–water partition coefficient (Wildman–Crippen LogP) is 4.00. The number of piperidine rings is 1. The zero-order chi connectivity index (χ0) is 13.8. The molecule has 0 bridgehead atoms. The van der Waals surface area contributed by atoms with E-state index in [-0.39, 0.29) is 0 Å². The molecule has 2 heterocycles. The van der Waals surface area contributed by atoms with Crippen molar-refractivity contribution in [3.8, 4) is 0 Å². The fourth-order valence-electron chi connectivity index (χ4n) is 3.48. The molecule has 2 aliphatic heterocycles. The molecule has 20 heavy (non-hydrogen) atoms. The topological polar surface area (TPSA) is 15.3 Å². The normalized spacial score (nSPS) is 26.2. The Labute approximate surface area is 126 Å². The van der Waals surface area contributed by atoms with Gasteiger partial charge in [-0.05, 0) is 37.9 Å². The van der Waals surface area contributed by atoms with Crippen molar-refractivity contribution in [1.29, 1.82) is 0 Å². The Balaban J connectivity index is 1.69. The van der Waals surface area contributed by atoms with Crippen molar-refractivity contribution < 1.29 is 0 Å². The minimum Gasteiger partial charge on any atom is -0.380 e. The molecule has 0 amide bonds. The van der Waals surface area contributed by atoms with Crippen LogP contribution in [0, 0.1) is 0 Å². The second-order valence-electron chi connectivity index (χ2n) is 5.73. The van der Waals surface area contributed by atoms with Crippen LogP contribution in [0.15, 0.2) is 41.8 Å². The molecule has 3 rings (SSSR count). The molecule has 0 aromatic heterocycles. The van der Waals surface area contributed by atoms with Crippen LogP contribution in [0.1, 0.15) is 25.7 Å². The number of hydrogen-bond acceptors (Lipinski definition) is 3. The van der Waals surface area contributed by atoms with E-state index in [4.69, 9.17) is 0 Å². The summed E-state index contributed by atoms with van der Waals surface area (Å²) in [7, 11) is 0. The van der Waals surface area contributed by atoms with Gasteiger partial charge in [0.15, 0.2) is 0 Å². The summed E-state index contributed by atoms with van der Waals surface area (Å²) in [5.41, 5.74) is 1.30. The Kier molecular flexibility index (Phi) is 4.69. The van der Waals surface area contributed by atoms with Gasteiger partial charge in [0.1, 0.15) is 0 Å². The first-order chi connectivity index (χ1) is 9.88. The van der Waals surface area contributed by atoms with Crippen LogP contribution in [0.2, 0.25) is 0 Å². The van der Waals surface area contributed by atoms with E-state index in [1.54, 1.807) is 0 Å². The van der Waals surface area contributed by atoms with Crippen molar-refractivity contribution in [2.75, 3.05) is 24.2 Å². The number of rotatable bonds is 5. The van der Waals surface area contributed by atoms with E-state index in [2.05, 4.69) is 41.1 Å². The zero-order valence-electron chi connectivity index (χ0n) is 12.1. The fraction of sp³-hybridized carbons (Fsp3) is 0.529. The number of thioether (sulfide) groups is 1. The molecule has 3 heteroatoms. The van der Waals surface area contributed by atoms with E-state index in [1.807, 2.05) is 17.8 Å². The van der Waals surface area contributed by atoms with Crippen LogP contribution in [-0.2, 0) is 0 Å². The number of nitrogens with zero attached hydrogens (tertiary/aromatic N) is 1. The minimum atomic E-state index is 0.626. The first-order valence-electron chi connectivity index (χ1n) is 7.72. The number of benzene rings is 1. The maximum Gasteiger partial charge on any atom is 0.0481 e. The maximum atomic E-state index is 3.82. The Hall–Kier alpha value is -0.930. The third kappa shape index (κ3) is 3.04. The molecule has 2 fully saturated rings. The van der Waals surface area contributed by atoms with Gasteiger partial charge in [-0.1, -0.05) is 24.6 Å². The van der Waals surface area contributed by atoms with Crippen LogP contribution >= 0.6 is 11.8 Å². The van der Waals surface area contributed by atoms with E-state index in [9.17, 15) is 0 Å². The lowest BCUT2D eigenvalue weighted by atomic mass is 9.99. The van der Waals surface area contributed by atoms with Crippen LogP contribution in [-0.4, -0.2) is 35.8 Å². The lowest BCUT2D eigenvalue weighted by molar-refractivity contribution is 0.192.